The third kappa shape index (κ3) is 2.51. The first-order chi connectivity index (χ1) is 11.1. The van der Waals surface area contributed by atoms with Crippen molar-refractivity contribution < 1.29 is 12.6 Å². The molecule has 0 bridgehead atoms. The second-order valence-electron chi connectivity index (χ2n) is 4.70. The molecule has 3 heterocycles. The van der Waals surface area contributed by atoms with Crippen LogP contribution < -0.4 is 4.18 Å². The molecule has 0 unspecified atom stereocenters. The van der Waals surface area contributed by atoms with Crippen molar-refractivity contribution in [1.82, 2.24) is 15.0 Å². The first-order valence-electron chi connectivity index (χ1n) is 6.62. The number of fused-ring (bicyclic) bond motifs is 3. The van der Waals surface area contributed by atoms with Crippen LogP contribution in [-0.2, 0) is 10.1 Å². The summed E-state index contributed by atoms with van der Waals surface area (Å²) >= 11 is 1.10. The second kappa shape index (κ2) is 5.25. The molecule has 0 amide bonds. The summed E-state index contributed by atoms with van der Waals surface area (Å²) in [6.45, 7) is 0. The second-order valence-corrected chi connectivity index (χ2v) is 7.05. The van der Waals surface area contributed by atoms with Gasteiger partial charge in [0.2, 0.25) is 0 Å². The number of aromatic nitrogens is 3. The van der Waals surface area contributed by atoms with Gasteiger partial charge in [0.15, 0.2) is 5.03 Å². The van der Waals surface area contributed by atoms with E-state index < -0.39 is 10.1 Å². The first kappa shape index (κ1) is 14.0. The Labute approximate surface area is 135 Å². The smallest absolute Gasteiger partial charge is 0.347 e. The van der Waals surface area contributed by atoms with Crippen LogP contribution >= 0.6 is 11.3 Å². The lowest BCUT2D eigenvalue weighted by Gasteiger charge is -2.06. The molecule has 114 valence electrons. The van der Waals surface area contributed by atoms with Gasteiger partial charge in [-0.15, -0.1) is 0 Å². The van der Waals surface area contributed by atoms with E-state index in [9.17, 15) is 8.42 Å². The molecule has 0 aliphatic heterocycles. The lowest BCUT2D eigenvalue weighted by molar-refractivity contribution is 0.481. The maximum atomic E-state index is 12.3. The van der Waals surface area contributed by atoms with Crippen molar-refractivity contribution >= 4 is 43.3 Å². The molecule has 8 heteroatoms. The number of benzene rings is 1. The highest BCUT2D eigenvalue weighted by molar-refractivity contribution is 7.87. The molecule has 0 aliphatic rings. The monoisotopic (exact) mass is 343 g/mol. The third-order valence-electron chi connectivity index (χ3n) is 3.25. The van der Waals surface area contributed by atoms with Crippen LogP contribution in [-0.4, -0.2) is 23.4 Å². The number of nitrogens with zero attached hydrogens (tertiary/aromatic N) is 3. The van der Waals surface area contributed by atoms with Crippen LogP contribution in [0.25, 0.3) is 21.8 Å². The molecule has 0 atom stereocenters. The first-order valence-corrected chi connectivity index (χ1v) is 8.91. The Bertz CT molecular complexity index is 1110. The zero-order chi connectivity index (χ0) is 15.9. The van der Waals surface area contributed by atoms with Crippen molar-refractivity contribution in [3.63, 3.8) is 0 Å². The molecule has 1 aromatic carbocycles. The van der Waals surface area contributed by atoms with Crippen LogP contribution in [0.3, 0.4) is 0 Å². The summed E-state index contributed by atoms with van der Waals surface area (Å²) in [6.07, 6.45) is 3.12. The van der Waals surface area contributed by atoms with E-state index in [-0.39, 0.29) is 10.2 Å². The number of hydrogen-bond acceptors (Lipinski definition) is 7. The summed E-state index contributed by atoms with van der Waals surface area (Å²) in [6, 6.07) is 10.6. The van der Waals surface area contributed by atoms with Gasteiger partial charge in [-0.1, -0.05) is 29.5 Å². The topological polar surface area (TPSA) is 82.0 Å². The number of pyridine rings is 2. The molecule has 0 radical (unpaired) electrons. The molecule has 6 nitrogen and oxygen atoms in total. The van der Waals surface area contributed by atoms with Gasteiger partial charge in [0.05, 0.1) is 11.0 Å². The van der Waals surface area contributed by atoms with Gasteiger partial charge in [0, 0.05) is 28.5 Å². The van der Waals surface area contributed by atoms with Gasteiger partial charge < -0.3 is 4.18 Å². The molecule has 3 aromatic heterocycles. The van der Waals surface area contributed by atoms with E-state index in [1.54, 1.807) is 17.6 Å². The van der Waals surface area contributed by atoms with Gasteiger partial charge in [0.1, 0.15) is 0 Å². The van der Waals surface area contributed by atoms with Gasteiger partial charge >= 0.3 is 10.1 Å². The average molecular weight is 343 g/mol. The van der Waals surface area contributed by atoms with Crippen LogP contribution in [0, 0.1) is 0 Å². The summed E-state index contributed by atoms with van der Waals surface area (Å²) < 4.78 is 29.7. The van der Waals surface area contributed by atoms with E-state index in [0.717, 1.165) is 22.1 Å². The van der Waals surface area contributed by atoms with Crippen LogP contribution in [0.2, 0.25) is 0 Å². The minimum Gasteiger partial charge on any atom is -0.347 e. The van der Waals surface area contributed by atoms with Crippen LogP contribution in [0.1, 0.15) is 0 Å². The molecule has 0 saturated heterocycles. The van der Waals surface area contributed by atoms with Gasteiger partial charge in [-0.05, 0) is 18.2 Å². The fourth-order valence-corrected chi connectivity index (χ4v) is 3.77. The molecule has 0 fully saturated rings. The Balaban J connectivity index is 1.89. The van der Waals surface area contributed by atoms with E-state index in [1.165, 1.54) is 12.3 Å². The average Bonchev–Trinajstić information content (AvgIpc) is 3.06. The van der Waals surface area contributed by atoms with Crippen molar-refractivity contribution in [1.29, 1.82) is 0 Å². The summed E-state index contributed by atoms with van der Waals surface area (Å²) in [5.41, 5.74) is 1.17. The fourth-order valence-electron chi connectivity index (χ4n) is 2.23. The van der Waals surface area contributed by atoms with Gasteiger partial charge in [-0.25, -0.2) is 9.97 Å². The number of rotatable bonds is 3. The molecule has 0 aliphatic carbocycles. The van der Waals surface area contributed by atoms with Gasteiger partial charge in [0.25, 0.3) is 5.19 Å². The van der Waals surface area contributed by atoms with Gasteiger partial charge in [-0.3, -0.25) is 4.98 Å². The predicted molar refractivity (Wildman–Crippen MR) is 87.0 cm³/mol. The molecule has 23 heavy (non-hydrogen) atoms. The normalized spacial score (nSPS) is 11.8. The summed E-state index contributed by atoms with van der Waals surface area (Å²) in [7, 11) is -4.03. The van der Waals surface area contributed by atoms with Crippen molar-refractivity contribution in [3.8, 4) is 5.19 Å². The van der Waals surface area contributed by atoms with Crippen molar-refractivity contribution in [2.75, 3.05) is 0 Å². The van der Waals surface area contributed by atoms with Crippen molar-refractivity contribution in [2.45, 2.75) is 5.03 Å². The predicted octanol–water partition coefficient (Wildman–Crippen LogP) is 3.01. The van der Waals surface area contributed by atoms with E-state index in [2.05, 4.69) is 15.0 Å². The van der Waals surface area contributed by atoms with Crippen LogP contribution in [0.15, 0.2) is 59.2 Å². The fraction of sp³-hybridized carbons (Fsp3) is 0. The number of thiazole rings is 1. The van der Waals surface area contributed by atoms with Crippen molar-refractivity contribution in [3.05, 3.63) is 54.2 Å². The molecule has 0 saturated carbocycles. The largest absolute Gasteiger partial charge is 0.359 e. The molecule has 0 N–H and O–H groups in total. The summed E-state index contributed by atoms with van der Waals surface area (Å²) in [5.74, 6) is 0. The Morgan fingerprint density at radius 3 is 2.48 bits per heavy atom. The van der Waals surface area contributed by atoms with E-state index in [1.807, 2.05) is 24.3 Å². The Morgan fingerprint density at radius 2 is 1.70 bits per heavy atom. The Morgan fingerprint density at radius 1 is 0.913 bits per heavy atom. The standard InChI is InChI=1S/C15H9N3O3S2/c19-23(20,21-15-17-8-9-22-15)12-6-5-11-4-3-10-2-1-7-16-13(10)14(11)18-12/h1-9H. The lowest BCUT2D eigenvalue weighted by atomic mass is 10.1. The Kier molecular flexibility index (Phi) is 3.21. The SMILES string of the molecule is O=S(=O)(Oc1nccs1)c1ccc2ccc3cccnc3c2n1. The zero-order valence-corrected chi connectivity index (χ0v) is 13.2. The highest BCUT2D eigenvalue weighted by atomic mass is 32.2. The van der Waals surface area contributed by atoms with Crippen LogP contribution in [0.5, 0.6) is 5.19 Å². The Hall–Kier alpha value is -2.58. The van der Waals surface area contributed by atoms with Crippen LogP contribution in [0.4, 0.5) is 0 Å². The molecular formula is C15H9N3O3S2. The minimum atomic E-state index is -4.03. The maximum absolute atomic E-state index is 12.3. The molecule has 0 spiro atoms. The van der Waals surface area contributed by atoms with E-state index in [4.69, 9.17) is 4.18 Å². The molecular weight excluding hydrogens is 334 g/mol. The van der Waals surface area contributed by atoms with E-state index in [0.29, 0.717) is 11.0 Å². The summed E-state index contributed by atoms with van der Waals surface area (Å²) in [4.78, 5) is 12.4. The highest BCUT2D eigenvalue weighted by Crippen LogP contribution is 2.25. The molecule has 4 aromatic rings. The lowest BCUT2D eigenvalue weighted by Crippen LogP contribution is -2.11. The quantitative estimate of drug-likeness (QED) is 0.420. The highest BCUT2D eigenvalue weighted by Gasteiger charge is 2.20. The molecule has 4 rings (SSSR count). The van der Waals surface area contributed by atoms with Gasteiger partial charge in [-0.2, -0.15) is 8.42 Å². The summed E-state index contributed by atoms with van der Waals surface area (Å²) in [5, 5.41) is 3.23. The maximum Gasteiger partial charge on any atom is 0.359 e. The third-order valence-corrected chi connectivity index (χ3v) is 5.12. The minimum absolute atomic E-state index is 0.0583. The van der Waals surface area contributed by atoms with E-state index >= 15 is 0 Å². The number of hydrogen-bond donors (Lipinski definition) is 0. The zero-order valence-electron chi connectivity index (χ0n) is 11.6. The van der Waals surface area contributed by atoms with Crippen molar-refractivity contribution in [2.24, 2.45) is 0 Å².